The van der Waals surface area contributed by atoms with Crippen molar-refractivity contribution in [1.82, 2.24) is 5.32 Å². The fourth-order valence-electron chi connectivity index (χ4n) is 2.68. The molecule has 1 fully saturated rings. The minimum atomic E-state index is -0.0220. The number of rotatable bonds is 6. The van der Waals surface area contributed by atoms with Crippen LogP contribution < -0.4 is 5.32 Å². The van der Waals surface area contributed by atoms with Gasteiger partial charge in [0.05, 0.1) is 0 Å². The van der Waals surface area contributed by atoms with Crippen molar-refractivity contribution in [2.24, 2.45) is 5.92 Å². The summed E-state index contributed by atoms with van der Waals surface area (Å²) in [6.07, 6.45) is 5.66. The molecule has 1 aromatic heterocycles. The first kappa shape index (κ1) is 14.5. The van der Waals surface area contributed by atoms with Gasteiger partial charge in [0.25, 0.3) is 0 Å². The predicted octanol–water partition coefficient (Wildman–Crippen LogP) is 3.44. The third-order valence-corrected chi connectivity index (χ3v) is 4.89. The Kier molecular flexibility index (Phi) is 5.40. The van der Waals surface area contributed by atoms with E-state index in [1.165, 1.54) is 35.4 Å². The van der Waals surface area contributed by atoms with E-state index in [9.17, 15) is 4.79 Å². The molecule has 1 aliphatic carbocycles. The topological polar surface area (TPSA) is 38.3 Å². The number of hydrogen-bond donors (Lipinski definition) is 1. The van der Waals surface area contributed by atoms with E-state index in [0.29, 0.717) is 18.9 Å². The molecule has 1 atom stereocenters. The molecule has 1 aliphatic rings. The number of carbonyl (C=O) groups is 1. The molecule has 1 saturated carbocycles. The van der Waals surface area contributed by atoms with E-state index in [-0.39, 0.29) is 12.0 Å². The third kappa shape index (κ3) is 4.32. The zero-order valence-corrected chi connectivity index (χ0v) is 12.6. The van der Waals surface area contributed by atoms with Crippen molar-refractivity contribution >= 4 is 17.2 Å². The van der Waals surface area contributed by atoms with Crippen LogP contribution in [-0.4, -0.2) is 19.6 Å². The standard InChI is InChI=1S/C15H23NO2S/c1-11-7-8-14(19-11)13(18-2)10-16-15(17)9-12-5-3-4-6-12/h7-8,12-13H,3-6,9-10H2,1-2H3,(H,16,17). The highest BCUT2D eigenvalue weighted by Gasteiger charge is 2.19. The van der Waals surface area contributed by atoms with Crippen LogP contribution in [0.25, 0.3) is 0 Å². The van der Waals surface area contributed by atoms with Gasteiger partial charge in [0, 0.05) is 29.8 Å². The van der Waals surface area contributed by atoms with E-state index in [1.54, 1.807) is 18.4 Å². The summed E-state index contributed by atoms with van der Waals surface area (Å²) in [5.74, 6) is 0.771. The smallest absolute Gasteiger partial charge is 0.220 e. The number of aryl methyl sites for hydroxylation is 1. The fraction of sp³-hybridized carbons (Fsp3) is 0.667. The summed E-state index contributed by atoms with van der Waals surface area (Å²) < 4.78 is 5.47. The Morgan fingerprint density at radius 3 is 2.79 bits per heavy atom. The molecular weight excluding hydrogens is 258 g/mol. The molecule has 4 heteroatoms. The fourth-order valence-corrected chi connectivity index (χ4v) is 3.64. The molecule has 0 radical (unpaired) electrons. The van der Waals surface area contributed by atoms with Gasteiger partial charge in [-0.3, -0.25) is 4.79 Å². The molecule has 0 spiro atoms. The second-order valence-corrected chi connectivity index (χ2v) is 6.65. The van der Waals surface area contributed by atoms with Gasteiger partial charge in [-0.05, 0) is 37.8 Å². The first-order valence-corrected chi connectivity index (χ1v) is 7.86. The number of hydrogen-bond acceptors (Lipinski definition) is 3. The van der Waals surface area contributed by atoms with Crippen molar-refractivity contribution in [2.75, 3.05) is 13.7 Å². The highest BCUT2D eigenvalue weighted by molar-refractivity contribution is 7.12. The molecule has 1 amide bonds. The van der Waals surface area contributed by atoms with E-state index in [0.717, 1.165) is 0 Å². The van der Waals surface area contributed by atoms with Crippen LogP contribution in [0, 0.1) is 12.8 Å². The predicted molar refractivity (Wildman–Crippen MR) is 78.4 cm³/mol. The van der Waals surface area contributed by atoms with E-state index < -0.39 is 0 Å². The number of thiophene rings is 1. The number of carbonyl (C=O) groups excluding carboxylic acids is 1. The molecule has 1 aromatic rings. The summed E-state index contributed by atoms with van der Waals surface area (Å²) in [5.41, 5.74) is 0. The van der Waals surface area contributed by atoms with Crippen LogP contribution >= 0.6 is 11.3 Å². The summed E-state index contributed by atoms with van der Waals surface area (Å²) in [5, 5.41) is 3.01. The minimum Gasteiger partial charge on any atom is -0.374 e. The molecule has 0 aliphatic heterocycles. The van der Waals surface area contributed by atoms with E-state index >= 15 is 0 Å². The summed E-state index contributed by atoms with van der Waals surface area (Å²) in [7, 11) is 1.70. The van der Waals surface area contributed by atoms with Crippen LogP contribution in [0.1, 0.15) is 48.0 Å². The molecular formula is C15H23NO2S. The van der Waals surface area contributed by atoms with Crippen molar-refractivity contribution in [1.29, 1.82) is 0 Å². The summed E-state index contributed by atoms with van der Waals surface area (Å²) in [6.45, 7) is 2.65. The summed E-state index contributed by atoms with van der Waals surface area (Å²) in [6, 6.07) is 4.17. The second-order valence-electron chi connectivity index (χ2n) is 5.33. The Balaban J connectivity index is 1.77. The van der Waals surface area contributed by atoms with Gasteiger partial charge in [0.15, 0.2) is 0 Å². The molecule has 19 heavy (non-hydrogen) atoms. The Bertz CT molecular complexity index is 410. The summed E-state index contributed by atoms with van der Waals surface area (Å²) >= 11 is 1.73. The highest BCUT2D eigenvalue weighted by atomic mass is 32.1. The highest BCUT2D eigenvalue weighted by Crippen LogP contribution is 2.28. The molecule has 0 saturated heterocycles. The van der Waals surface area contributed by atoms with Crippen LogP contribution in [0.15, 0.2) is 12.1 Å². The summed E-state index contributed by atoms with van der Waals surface area (Å²) in [4.78, 5) is 14.3. The number of amides is 1. The van der Waals surface area contributed by atoms with E-state index in [4.69, 9.17) is 4.74 Å². The van der Waals surface area contributed by atoms with Crippen molar-refractivity contribution < 1.29 is 9.53 Å². The van der Waals surface area contributed by atoms with Crippen LogP contribution in [0.3, 0.4) is 0 Å². The Hall–Kier alpha value is -0.870. The second kappa shape index (κ2) is 7.06. The lowest BCUT2D eigenvalue weighted by molar-refractivity contribution is -0.122. The lowest BCUT2D eigenvalue weighted by atomic mass is 10.0. The van der Waals surface area contributed by atoms with Gasteiger partial charge < -0.3 is 10.1 Å². The van der Waals surface area contributed by atoms with Crippen LogP contribution in [0.4, 0.5) is 0 Å². The molecule has 3 nitrogen and oxygen atoms in total. The molecule has 1 heterocycles. The van der Waals surface area contributed by atoms with Gasteiger partial charge in [-0.1, -0.05) is 12.8 Å². The number of nitrogens with one attached hydrogen (secondary N) is 1. The zero-order valence-electron chi connectivity index (χ0n) is 11.8. The normalized spacial score (nSPS) is 17.6. The quantitative estimate of drug-likeness (QED) is 0.867. The van der Waals surface area contributed by atoms with Gasteiger partial charge in [-0.2, -0.15) is 0 Å². The lowest BCUT2D eigenvalue weighted by Crippen LogP contribution is -2.29. The maximum Gasteiger partial charge on any atom is 0.220 e. The Labute approximate surface area is 119 Å². The SMILES string of the molecule is COC(CNC(=O)CC1CCCC1)c1ccc(C)s1. The minimum absolute atomic E-state index is 0.0220. The van der Waals surface area contributed by atoms with Crippen molar-refractivity contribution in [2.45, 2.75) is 45.1 Å². The maximum atomic E-state index is 11.9. The Morgan fingerprint density at radius 2 is 2.21 bits per heavy atom. The van der Waals surface area contributed by atoms with Gasteiger partial charge in [-0.25, -0.2) is 0 Å². The first-order chi connectivity index (χ1) is 9.19. The van der Waals surface area contributed by atoms with Gasteiger partial charge in [0.1, 0.15) is 6.10 Å². The molecule has 1 unspecified atom stereocenters. The monoisotopic (exact) mass is 281 g/mol. The molecule has 106 valence electrons. The number of ether oxygens (including phenoxy) is 1. The molecule has 0 aromatic carbocycles. The zero-order chi connectivity index (χ0) is 13.7. The van der Waals surface area contributed by atoms with E-state index in [1.807, 2.05) is 0 Å². The lowest BCUT2D eigenvalue weighted by Gasteiger charge is -2.15. The third-order valence-electron chi connectivity index (χ3n) is 3.80. The molecule has 1 N–H and O–H groups in total. The van der Waals surface area contributed by atoms with Crippen LogP contribution in [-0.2, 0) is 9.53 Å². The Morgan fingerprint density at radius 1 is 1.47 bits per heavy atom. The maximum absolute atomic E-state index is 11.9. The van der Waals surface area contributed by atoms with Gasteiger partial charge in [0.2, 0.25) is 5.91 Å². The van der Waals surface area contributed by atoms with Crippen molar-refractivity contribution in [3.8, 4) is 0 Å². The van der Waals surface area contributed by atoms with Gasteiger partial charge >= 0.3 is 0 Å². The van der Waals surface area contributed by atoms with Crippen molar-refractivity contribution in [3.05, 3.63) is 21.9 Å². The first-order valence-electron chi connectivity index (χ1n) is 7.05. The van der Waals surface area contributed by atoms with Gasteiger partial charge in [-0.15, -0.1) is 11.3 Å². The average molecular weight is 281 g/mol. The number of methoxy groups -OCH3 is 1. The molecule has 0 bridgehead atoms. The average Bonchev–Trinajstić information content (AvgIpc) is 3.02. The van der Waals surface area contributed by atoms with Crippen LogP contribution in [0.2, 0.25) is 0 Å². The largest absolute Gasteiger partial charge is 0.374 e. The van der Waals surface area contributed by atoms with Crippen LogP contribution in [0.5, 0.6) is 0 Å². The molecule has 2 rings (SSSR count). The van der Waals surface area contributed by atoms with E-state index in [2.05, 4.69) is 24.4 Å². The van der Waals surface area contributed by atoms with Crippen molar-refractivity contribution in [3.63, 3.8) is 0 Å².